The summed E-state index contributed by atoms with van der Waals surface area (Å²) in [7, 11) is 1.31. The molecule has 12 heteroatoms. The number of amides is 1. The average Bonchev–Trinajstić information content (AvgIpc) is 3.47. The predicted octanol–water partition coefficient (Wildman–Crippen LogP) is 6.22. The van der Waals surface area contributed by atoms with Gasteiger partial charge in [-0.1, -0.05) is 53.7 Å². The number of nitrogens with one attached hydrogen (secondary N) is 1. The average molecular weight is 575 g/mol. The van der Waals surface area contributed by atoms with Crippen LogP contribution in [0.15, 0.2) is 53.7 Å². The summed E-state index contributed by atoms with van der Waals surface area (Å²) in [5.74, 6) is -0.353. The summed E-state index contributed by atoms with van der Waals surface area (Å²) in [6, 6.07) is 13.6. The van der Waals surface area contributed by atoms with Gasteiger partial charge in [-0.15, -0.1) is 21.5 Å². The number of carbonyl (C=O) groups excluding carboxylic acids is 2. The molecule has 0 saturated heterocycles. The van der Waals surface area contributed by atoms with Gasteiger partial charge in [-0.2, -0.15) is 0 Å². The van der Waals surface area contributed by atoms with Crippen molar-refractivity contribution in [2.75, 3.05) is 18.2 Å². The number of ether oxygens (including phenoxy) is 2. The van der Waals surface area contributed by atoms with Gasteiger partial charge in [0.1, 0.15) is 28.7 Å². The fourth-order valence-corrected chi connectivity index (χ4v) is 5.81. The highest BCUT2D eigenvalue weighted by Crippen LogP contribution is 2.40. The van der Waals surface area contributed by atoms with Crippen molar-refractivity contribution in [2.45, 2.75) is 32.2 Å². The van der Waals surface area contributed by atoms with Gasteiger partial charge < -0.3 is 19.4 Å². The Hall–Kier alpha value is -3.41. The number of halogens is 2. The summed E-state index contributed by atoms with van der Waals surface area (Å²) in [6.07, 6.45) is 0. The van der Waals surface area contributed by atoms with Crippen molar-refractivity contribution in [1.29, 1.82) is 0 Å². The smallest absolute Gasteiger partial charge is 0.341 e. The first-order valence-electron chi connectivity index (χ1n) is 11.5. The lowest BCUT2D eigenvalue weighted by atomic mass is 10.0. The van der Waals surface area contributed by atoms with Crippen molar-refractivity contribution in [3.63, 3.8) is 0 Å². The van der Waals surface area contributed by atoms with Crippen LogP contribution in [-0.2, 0) is 22.7 Å². The third kappa shape index (κ3) is 6.17. The van der Waals surface area contributed by atoms with Crippen LogP contribution in [0.2, 0.25) is 5.02 Å². The minimum absolute atomic E-state index is 0.0334. The number of anilines is 1. The van der Waals surface area contributed by atoms with Crippen LogP contribution in [0, 0.1) is 12.7 Å². The maximum Gasteiger partial charge on any atom is 0.341 e. The molecule has 0 fully saturated rings. The number of esters is 1. The SMILES string of the molecule is CCn1c(COc2ccc(F)c(Cl)c2)nnc1SCC(=O)Nc1sc(C)c(-c2ccccc2)c1C(=O)OC. The molecule has 0 aliphatic carbocycles. The molecule has 4 aromatic rings. The van der Waals surface area contributed by atoms with Crippen LogP contribution >= 0.6 is 34.7 Å². The van der Waals surface area contributed by atoms with Gasteiger partial charge in [-0.3, -0.25) is 4.79 Å². The normalized spacial score (nSPS) is 10.9. The van der Waals surface area contributed by atoms with Crippen LogP contribution in [0.1, 0.15) is 28.0 Å². The van der Waals surface area contributed by atoms with Crippen LogP contribution in [0.4, 0.5) is 9.39 Å². The van der Waals surface area contributed by atoms with E-state index in [1.165, 1.54) is 48.4 Å². The summed E-state index contributed by atoms with van der Waals surface area (Å²) < 4.78 is 25.9. The highest BCUT2D eigenvalue weighted by Gasteiger charge is 2.25. The summed E-state index contributed by atoms with van der Waals surface area (Å²) in [5.41, 5.74) is 1.94. The van der Waals surface area contributed by atoms with E-state index in [0.717, 1.165) is 16.0 Å². The number of aryl methyl sites for hydroxylation is 1. The lowest BCUT2D eigenvalue weighted by Crippen LogP contribution is -2.16. The van der Waals surface area contributed by atoms with Crippen molar-refractivity contribution < 1.29 is 23.5 Å². The Morgan fingerprint density at radius 1 is 1.18 bits per heavy atom. The van der Waals surface area contributed by atoms with Crippen LogP contribution < -0.4 is 10.1 Å². The molecular weight excluding hydrogens is 551 g/mol. The molecule has 38 heavy (non-hydrogen) atoms. The zero-order valence-corrected chi connectivity index (χ0v) is 23.2. The van der Waals surface area contributed by atoms with Gasteiger partial charge in [0.15, 0.2) is 11.0 Å². The molecule has 2 heterocycles. The fraction of sp³-hybridized carbons (Fsp3) is 0.231. The van der Waals surface area contributed by atoms with Crippen LogP contribution in [0.25, 0.3) is 11.1 Å². The lowest BCUT2D eigenvalue weighted by molar-refractivity contribution is -0.113. The zero-order chi connectivity index (χ0) is 27.2. The first kappa shape index (κ1) is 27.6. The van der Waals surface area contributed by atoms with Crippen molar-refractivity contribution in [1.82, 2.24) is 14.8 Å². The molecule has 0 atom stereocenters. The molecule has 0 unspecified atom stereocenters. The second-order valence-corrected chi connectivity index (χ2v) is 10.5. The van der Waals surface area contributed by atoms with Crippen LogP contribution in [0.3, 0.4) is 0 Å². The number of methoxy groups -OCH3 is 1. The minimum atomic E-state index is -0.527. The maximum atomic E-state index is 13.4. The second kappa shape index (κ2) is 12.4. The monoisotopic (exact) mass is 574 g/mol. The van der Waals surface area contributed by atoms with E-state index in [4.69, 9.17) is 21.1 Å². The Balaban J connectivity index is 1.44. The predicted molar refractivity (Wildman–Crippen MR) is 147 cm³/mol. The Morgan fingerprint density at radius 3 is 2.63 bits per heavy atom. The lowest BCUT2D eigenvalue weighted by Gasteiger charge is -2.10. The summed E-state index contributed by atoms with van der Waals surface area (Å²) in [5, 5.41) is 12.2. The quantitative estimate of drug-likeness (QED) is 0.177. The van der Waals surface area contributed by atoms with E-state index in [9.17, 15) is 14.0 Å². The second-order valence-electron chi connectivity index (χ2n) is 7.94. The van der Waals surface area contributed by atoms with E-state index >= 15 is 0 Å². The molecule has 1 amide bonds. The number of benzene rings is 2. The third-order valence-electron chi connectivity index (χ3n) is 5.49. The van der Waals surface area contributed by atoms with Crippen molar-refractivity contribution in [2.24, 2.45) is 0 Å². The van der Waals surface area contributed by atoms with Gasteiger partial charge >= 0.3 is 5.97 Å². The third-order valence-corrected chi connectivity index (χ3v) is 7.77. The number of rotatable bonds is 10. The Morgan fingerprint density at radius 2 is 1.95 bits per heavy atom. The maximum absolute atomic E-state index is 13.4. The number of hydrogen-bond acceptors (Lipinski definition) is 8. The number of aromatic nitrogens is 3. The van der Waals surface area contributed by atoms with Crippen LogP contribution in [-0.4, -0.2) is 39.5 Å². The Kier molecular flexibility index (Phi) is 9.03. The molecule has 4 rings (SSSR count). The van der Waals surface area contributed by atoms with E-state index in [1.807, 2.05) is 48.7 Å². The number of hydrogen-bond donors (Lipinski definition) is 1. The van der Waals surface area contributed by atoms with Gasteiger partial charge in [0.2, 0.25) is 5.91 Å². The molecule has 0 aliphatic rings. The summed E-state index contributed by atoms with van der Waals surface area (Å²) in [4.78, 5) is 26.4. The van der Waals surface area contributed by atoms with E-state index in [1.54, 1.807) is 0 Å². The molecule has 8 nitrogen and oxygen atoms in total. The number of thiophene rings is 1. The summed E-state index contributed by atoms with van der Waals surface area (Å²) >= 11 is 8.35. The molecule has 0 saturated carbocycles. The molecule has 0 aliphatic heterocycles. The molecular formula is C26H24ClFN4O4S2. The molecule has 0 bridgehead atoms. The van der Waals surface area contributed by atoms with E-state index in [2.05, 4.69) is 15.5 Å². The molecule has 198 valence electrons. The van der Waals surface area contributed by atoms with Gasteiger partial charge in [0, 0.05) is 23.1 Å². The number of nitrogens with zero attached hydrogens (tertiary/aromatic N) is 3. The first-order chi connectivity index (χ1) is 18.3. The van der Waals surface area contributed by atoms with Crippen LogP contribution in [0.5, 0.6) is 5.75 Å². The van der Waals surface area contributed by atoms with Gasteiger partial charge in [0.05, 0.1) is 17.9 Å². The van der Waals surface area contributed by atoms with E-state index in [-0.39, 0.29) is 23.3 Å². The minimum Gasteiger partial charge on any atom is -0.486 e. The van der Waals surface area contributed by atoms with Gasteiger partial charge in [0.25, 0.3) is 0 Å². The summed E-state index contributed by atoms with van der Waals surface area (Å²) in [6.45, 7) is 4.47. The molecule has 2 aromatic heterocycles. The van der Waals surface area contributed by atoms with Crippen molar-refractivity contribution >= 4 is 51.6 Å². The molecule has 1 N–H and O–H groups in total. The molecule has 0 radical (unpaired) electrons. The Labute approximate surface area is 232 Å². The van der Waals surface area contributed by atoms with Gasteiger partial charge in [-0.05, 0) is 31.5 Å². The van der Waals surface area contributed by atoms with E-state index < -0.39 is 11.8 Å². The first-order valence-corrected chi connectivity index (χ1v) is 13.7. The topological polar surface area (TPSA) is 95.3 Å². The van der Waals surface area contributed by atoms with Crippen molar-refractivity contribution in [3.05, 3.63) is 75.6 Å². The Bertz CT molecular complexity index is 1460. The highest BCUT2D eigenvalue weighted by molar-refractivity contribution is 7.99. The molecule has 0 spiro atoms. The largest absolute Gasteiger partial charge is 0.486 e. The standard InChI is InChI=1S/C26H24ClFN4O4S2/c1-4-32-20(13-36-17-10-11-19(28)18(27)12-17)30-31-26(32)37-14-21(33)29-24-23(25(34)35-3)22(15(2)38-24)16-8-6-5-7-9-16/h5-12H,4,13-14H2,1-3H3,(H,29,33). The fourth-order valence-electron chi connectivity index (χ4n) is 3.74. The molecule has 2 aromatic carbocycles. The highest BCUT2D eigenvalue weighted by atomic mass is 35.5. The van der Waals surface area contributed by atoms with Crippen molar-refractivity contribution in [3.8, 4) is 16.9 Å². The zero-order valence-electron chi connectivity index (χ0n) is 20.8. The number of carbonyl (C=O) groups is 2. The van der Waals surface area contributed by atoms with E-state index in [0.29, 0.717) is 33.8 Å². The van der Waals surface area contributed by atoms with Gasteiger partial charge in [-0.25, -0.2) is 9.18 Å². The number of thioether (sulfide) groups is 1.